The minimum Gasteiger partial charge on any atom is -0.492 e. The van der Waals surface area contributed by atoms with Crippen molar-refractivity contribution in [3.05, 3.63) is 59.2 Å². The molecule has 0 aliphatic carbocycles. The van der Waals surface area contributed by atoms with Gasteiger partial charge in [-0.15, -0.1) is 0 Å². The number of fused-ring (bicyclic) bond motifs is 1. The fourth-order valence-electron chi connectivity index (χ4n) is 3.29. The topological polar surface area (TPSA) is 75.7 Å². The van der Waals surface area contributed by atoms with Gasteiger partial charge in [-0.05, 0) is 43.7 Å². The largest absolute Gasteiger partial charge is 0.492 e. The minimum absolute atomic E-state index is 0.000286. The van der Waals surface area contributed by atoms with E-state index in [4.69, 9.17) is 4.74 Å². The Labute approximate surface area is 158 Å². The molecule has 1 aliphatic heterocycles. The lowest BCUT2D eigenvalue weighted by atomic mass is 10.1. The number of nitrogens with zero attached hydrogens (tertiary/aromatic N) is 1. The van der Waals surface area contributed by atoms with Crippen molar-refractivity contribution in [2.24, 2.45) is 0 Å². The third-order valence-electron chi connectivity index (χ3n) is 4.55. The van der Waals surface area contributed by atoms with Crippen LogP contribution < -0.4 is 15.0 Å². The fraction of sp³-hybridized carbons (Fsp3) is 0.286. The number of carbonyl (C=O) groups is 3. The average molecular weight is 366 g/mol. The molecule has 1 heterocycles. The molecule has 0 saturated heterocycles. The molecule has 27 heavy (non-hydrogen) atoms. The van der Waals surface area contributed by atoms with Gasteiger partial charge in [-0.25, -0.2) is 0 Å². The van der Waals surface area contributed by atoms with Crippen LogP contribution in [0.2, 0.25) is 0 Å². The number of carbonyl (C=O) groups excluding carboxylic acids is 3. The van der Waals surface area contributed by atoms with E-state index >= 15 is 0 Å². The van der Waals surface area contributed by atoms with Crippen molar-refractivity contribution in [3.63, 3.8) is 0 Å². The number of Topliss-reactive ketones (excluding diaryl/α,β-unsaturated/α-hetero) is 1. The Balaban J connectivity index is 1.72. The van der Waals surface area contributed by atoms with Crippen LogP contribution in [0, 0.1) is 6.92 Å². The molecule has 0 saturated carbocycles. The summed E-state index contributed by atoms with van der Waals surface area (Å²) in [5.74, 6) is 0.227. The summed E-state index contributed by atoms with van der Waals surface area (Å²) in [7, 11) is 0. The van der Waals surface area contributed by atoms with Crippen molar-refractivity contribution >= 4 is 23.3 Å². The van der Waals surface area contributed by atoms with Gasteiger partial charge in [0.1, 0.15) is 18.4 Å². The quantitative estimate of drug-likeness (QED) is 0.798. The van der Waals surface area contributed by atoms with E-state index in [0.717, 1.165) is 16.8 Å². The number of anilines is 1. The Morgan fingerprint density at radius 1 is 1.11 bits per heavy atom. The van der Waals surface area contributed by atoms with Crippen LogP contribution in [0.5, 0.6) is 5.75 Å². The minimum atomic E-state index is -0.660. The molecular weight excluding hydrogens is 344 g/mol. The van der Waals surface area contributed by atoms with E-state index in [1.165, 1.54) is 13.8 Å². The molecule has 3 rings (SSSR count). The Hall–Kier alpha value is -3.15. The Morgan fingerprint density at radius 2 is 1.81 bits per heavy atom. The maximum absolute atomic E-state index is 12.8. The van der Waals surface area contributed by atoms with E-state index in [9.17, 15) is 14.4 Å². The lowest BCUT2D eigenvalue weighted by molar-refractivity contribution is -0.126. The van der Waals surface area contributed by atoms with Crippen LogP contribution >= 0.6 is 0 Å². The van der Waals surface area contributed by atoms with E-state index < -0.39 is 6.04 Å². The summed E-state index contributed by atoms with van der Waals surface area (Å²) in [6, 6.07) is 11.9. The van der Waals surface area contributed by atoms with Gasteiger partial charge in [0.15, 0.2) is 5.78 Å². The van der Waals surface area contributed by atoms with Gasteiger partial charge in [-0.1, -0.05) is 18.2 Å². The number of ketones is 1. The van der Waals surface area contributed by atoms with E-state index in [-0.39, 0.29) is 17.6 Å². The molecule has 2 aromatic rings. The molecule has 0 radical (unpaired) electrons. The first-order chi connectivity index (χ1) is 12.9. The van der Waals surface area contributed by atoms with Crippen molar-refractivity contribution in [3.8, 4) is 5.75 Å². The van der Waals surface area contributed by atoms with Crippen LogP contribution in [0.25, 0.3) is 0 Å². The van der Waals surface area contributed by atoms with Gasteiger partial charge in [-0.3, -0.25) is 14.4 Å². The van der Waals surface area contributed by atoms with Crippen molar-refractivity contribution in [2.45, 2.75) is 26.8 Å². The number of hydrogen-bond acceptors (Lipinski definition) is 4. The number of hydrogen-bond donors (Lipinski definition) is 1. The lowest BCUT2D eigenvalue weighted by Crippen LogP contribution is -2.38. The molecule has 2 aromatic carbocycles. The number of benzene rings is 2. The smallest absolute Gasteiger partial charge is 0.254 e. The van der Waals surface area contributed by atoms with Crippen molar-refractivity contribution in [1.29, 1.82) is 0 Å². The van der Waals surface area contributed by atoms with Crippen molar-refractivity contribution in [1.82, 2.24) is 5.32 Å². The predicted molar refractivity (Wildman–Crippen MR) is 102 cm³/mol. The zero-order valence-corrected chi connectivity index (χ0v) is 15.6. The summed E-state index contributed by atoms with van der Waals surface area (Å²) in [4.78, 5) is 37.3. The highest BCUT2D eigenvalue weighted by Gasteiger charge is 2.38. The Morgan fingerprint density at radius 3 is 2.44 bits per heavy atom. The number of aryl methyl sites for hydroxylation is 1. The van der Waals surface area contributed by atoms with Crippen molar-refractivity contribution in [2.75, 3.05) is 18.1 Å². The highest BCUT2D eigenvalue weighted by Crippen LogP contribution is 2.38. The maximum Gasteiger partial charge on any atom is 0.254 e. The highest BCUT2D eigenvalue weighted by molar-refractivity contribution is 6.06. The van der Waals surface area contributed by atoms with E-state index in [1.54, 1.807) is 29.2 Å². The second-order valence-corrected chi connectivity index (χ2v) is 6.57. The normalized spacial score (nSPS) is 15.4. The van der Waals surface area contributed by atoms with Gasteiger partial charge in [0.2, 0.25) is 5.91 Å². The van der Waals surface area contributed by atoms with E-state index in [1.807, 2.05) is 25.1 Å². The molecule has 0 fully saturated rings. The van der Waals surface area contributed by atoms with E-state index in [0.29, 0.717) is 24.5 Å². The molecule has 2 amide bonds. The monoisotopic (exact) mass is 366 g/mol. The standard InChI is InChI=1S/C21H22N2O4/c1-13-5-4-6-18-19(22-15(3)25)21(26)23(20(13)18)11-12-27-17-9-7-16(8-10-17)14(2)24/h4-10,19H,11-12H2,1-3H3,(H,22,25)/t19-/m1/s1. The van der Waals surface area contributed by atoms with Gasteiger partial charge in [0.05, 0.1) is 12.2 Å². The number of ether oxygens (including phenoxy) is 1. The van der Waals surface area contributed by atoms with E-state index in [2.05, 4.69) is 5.32 Å². The highest BCUT2D eigenvalue weighted by atomic mass is 16.5. The average Bonchev–Trinajstić information content (AvgIpc) is 2.88. The number of amides is 2. The maximum atomic E-state index is 12.8. The molecule has 1 atom stereocenters. The summed E-state index contributed by atoms with van der Waals surface area (Å²) in [6.07, 6.45) is 0. The molecule has 6 heteroatoms. The zero-order chi connectivity index (χ0) is 19.6. The second-order valence-electron chi connectivity index (χ2n) is 6.57. The third kappa shape index (κ3) is 3.84. The first-order valence-electron chi connectivity index (χ1n) is 8.80. The SMILES string of the molecule is CC(=O)N[C@H]1C(=O)N(CCOc2ccc(C(C)=O)cc2)c2c(C)cccc21. The molecule has 1 aliphatic rings. The predicted octanol–water partition coefficient (Wildman–Crippen LogP) is 2.80. The number of rotatable bonds is 6. The van der Waals surface area contributed by atoms with Gasteiger partial charge in [0, 0.05) is 18.1 Å². The van der Waals surface area contributed by atoms with Crippen molar-refractivity contribution < 1.29 is 19.1 Å². The summed E-state index contributed by atoms with van der Waals surface area (Å²) < 4.78 is 5.73. The van der Waals surface area contributed by atoms with Crippen LogP contribution in [0.1, 0.15) is 41.4 Å². The molecular formula is C21H22N2O4. The van der Waals surface area contributed by atoms with Gasteiger partial charge < -0.3 is 15.0 Å². The molecule has 0 spiro atoms. The third-order valence-corrected chi connectivity index (χ3v) is 4.55. The first-order valence-corrected chi connectivity index (χ1v) is 8.80. The summed E-state index contributed by atoms with van der Waals surface area (Å²) >= 11 is 0. The summed E-state index contributed by atoms with van der Waals surface area (Å²) in [6.45, 7) is 5.52. The molecule has 1 N–H and O–H groups in total. The summed E-state index contributed by atoms with van der Waals surface area (Å²) in [5, 5.41) is 2.73. The molecule has 140 valence electrons. The first kappa shape index (κ1) is 18.6. The van der Waals surface area contributed by atoms with Gasteiger partial charge in [0.25, 0.3) is 5.91 Å². The zero-order valence-electron chi connectivity index (χ0n) is 15.6. The number of para-hydroxylation sites is 1. The van der Waals surface area contributed by atoms with Gasteiger partial charge in [-0.2, -0.15) is 0 Å². The van der Waals surface area contributed by atoms with Gasteiger partial charge >= 0.3 is 0 Å². The molecule has 0 bridgehead atoms. The Bertz CT molecular complexity index is 890. The molecule has 0 unspecified atom stereocenters. The second kappa shape index (κ2) is 7.61. The lowest BCUT2D eigenvalue weighted by Gasteiger charge is -2.20. The summed E-state index contributed by atoms with van der Waals surface area (Å²) in [5.41, 5.74) is 3.23. The van der Waals surface area contributed by atoms with Crippen LogP contribution in [-0.2, 0) is 9.59 Å². The van der Waals surface area contributed by atoms with Crippen LogP contribution in [0.3, 0.4) is 0 Å². The van der Waals surface area contributed by atoms with Crippen LogP contribution in [-0.4, -0.2) is 30.7 Å². The van der Waals surface area contributed by atoms with Crippen LogP contribution in [0.15, 0.2) is 42.5 Å². The Kier molecular flexibility index (Phi) is 5.26. The fourth-order valence-corrected chi connectivity index (χ4v) is 3.29. The molecule has 0 aromatic heterocycles. The number of nitrogens with one attached hydrogen (secondary N) is 1. The molecule has 6 nitrogen and oxygen atoms in total. The van der Waals surface area contributed by atoms with Crippen LogP contribution in [0.4, 0.5) is 5.69 Å².